The number of hydrogen-bond donors (Lipinski definition) is 3. The molecule has 25 heavy (non-hydrogen) atoms. The smallest absolute Gasteiger partial charge is 0.239 e. The highest BCUT2D eigenvalue weighted by Crippen LogP contribution is 2.23. The number of rotatable bonds is 5. The van der Waals surface area contributed by atoms with Crippen LogP contribution in [0.25, 0.3) is 0 Å². The first-order valence-electron chi connectivity index (χ1n) is 9.20. The van der Waals surface area contributed by atoms with Crippen LogP contribution < -0.4 is 16.0 Å². The Morgan fingerprint density at radius 3 is 2.48 bits per heavy atom. The van der Waals surface area contributed by atoms with E-state index in [1.807, 2.05) is 45.0 Å². The Morgan fingerprint density at radius 1 is 1.12 bits per heavy atom. The van der Waals surface area contributed by atoms with Crippen LogP contribution in [0.1, 0.15) is 53.4 Å². The molecule has 0 radical (unpaired) electrons. The molecule has 2 amide bonds. The molecule has 0 saturated heterocycles. The van der Waals surface area contributed by atoms with Gasteiger partial charge >= 0.3 is 0 Å². The Balaban J connectivity index is 1.85. The van der Waals surface area contributed by atoms with Crippen molar-refractivity contribution in [1.29, 1.82) is 0 Å². The lowest BCUT2D eigenvalue weighted by Crippen LogP contribution is -2.43. The monoisotopic (exact) mass is 345 g/mol. The maximum absolute atomic E-state index is 12.2. The topological polar surface area (TPSA) is 70.2 Å². The fourth-order valence-electron chi connectivity index (χ4n) is 3.00. The Kier molecular flexibility index (Phi) is 6.45. The van der Waals surface area contributed by atoms with Gasteiger partial charge < -0.3 is 16.0 Å². The molecule has 5 nitrogen and oxygen atoms in total. The van der Waals surface area contributed by atoms with Crippen molar-refractivity contribution in [3.8, 4) is 0 Å². The van der Waals surface area contributed by atoms with Crippen molar-refractivity contribution in [2.24, 2.45) is 11.3 Å². The molecule has 2 rings (SSSR count). The van der Waals surface area contributed by atoms with Gasteiger partial charge in [0.25, 0.3) is 0 Å². The van der Waals surface area contributed by atoms with E-state index in [0.717, 1.165) is 17.8 Å². The minimum absolute atomic E-state index is 0.0166. The predicted molar refractivity (Wildman–Crippen MR) is 103 cm³/mol. The van der Waals surface area contributed by atoms with Crippen LogP contribution in [0.15, 0.2) is 24.3 Å². The lowest BCUT2D eigenvalue weighted by Gasteiger charge is -2.29. The van der Waals surface area contributed by atoms with E-state index < -0.39 is 5.41 Å². The molecule has 1 aromatic rings. The standard InChI is InChI=1S/C20H31N3O2/c1-14-8-5-6-11-17(14)23-18(24)13-21-15-9-7-10-16(12-15)22-19(25)20(2,3)4/h7,9-10,12,14,17,21H,5-6,8,11,13H2,1-4H3,(H,22,25)(H,23,24)/t14-,17+/m0/s1. The molecule has 0 aromatic heterocycles. The fraction of sp³-hybridized carbons (Fsp3) is 0.600. The number of anilines is 2. The molecular formula is C20H31N3O2. The molecule has 0 unspecified atom stereocenters. The SMILES string of the molecule is C[C@H]1CCCC[C@H]1NC(=O)CNc1cccc(NC(=O)C(C)(C)C)c1. The van der Waals surface area contributed by atoms with Crippen LogP contribution in [0.4, 0.5) is 11.4 Å². The Morgan fingerprint density at radius 2 is 1.80 bits per heavy atom. The maximum atomic E-state index is 12.2. The van der Waals surface area contributed by atoms with Gasteiger partial charge in [-0.15, -0.1) is 0 Å². The van der Waals surface area contributed by atoms with Crippen molar-refractivity contribution in [3.05, 3.63) is 24.3 Å². The number of benzene rings is 1. The first-order valence-corrected chi connectivity index (χ1v) is 9.20. The third-order valence-corrected chi connectivity index (χ3v) is 4.71. The molecule has 1 fully saturated rings. The molecule has 0 aliphatic heterocycles. The fourth-order valence-corrected chi connectivity index (χ4v) is 3.00. The van der Waals surface area contributed by atoms with E-state index in [0.29, 0.717) is 12.0 Å². The molecular weight excluding hydrogens is 314 g/mol. The zero-order valence-corrected chi connectivity index (χ0v) is 15.8. The van der Waals surface area contributed by atoms with E-state index in [1.165, 1.54) is 19.3 Å². The van der Waals surface area contributed by atoms with Crippen LogP contribution in [0.3, 0.4) is 0 Å². The van der Waals surface area contributed by atoms with Crippen LogP contribution in [0.2, 0.25) is 0 Å². The summed E-state index contributed by atoms with van der Waals surface area (Å²) in [6.07, 6.45) is 4.71. The largest absolute Gasteiger partial charge is 0.376 e. The second-order valence-corrected chi connectivity index (χ2v) is 8.07. The molecule has 1 aliphatic carbocycles. The molecule has 2 atom stereocenters. The van der Waals surface area contributed by atoms with E-state index in [-0.39, 0.29) is 18.4 Å². The minimum Gasteiger partial charge on any atom is -0.376 e. The van der Waals surface area contributed by atoms with E-state index in [9.17, 15) is 9.59 Å². The van der Waals surface area contributed by atoms with Gasteiger partial charge in [0.2, 0.25) is 11.8 Å². The maximum Gasteiger partial charge on any atom is 0.239 e. The summed E-state index contributed by atoms with van der Waals surface area (Å²) in [5.41, 5.74) is 1.10. The van der Waals surface area contributed by atoms with Crippen molar-refractivity contribution >= 4 is 23.2 Å². The number of amides is 2. The van der Waals surface area contributed by atoms with Gasteiger partial charge in [0.1, 0.15) is 0 Å². The van der Waals surface area contributed by atoms with Crippen LogP contribution in [0.5, 0.6) is 0 Å². The van der Waals surface area contributed by atoms with Gasteiger partial charge in [-0.2, -0.15) is 0 Å². The molecule has 0 spiro atoms. The molecule has 5 heteroatoms. The van der Waals surface area contributed by atoms with Crippen molar-refractivity contribution in [3.63, 3.8) is 0 Å². The predicted octanol–water partition coefficient (Wildman–Crippen LogP) is 3.78. The first kappa shape index (κ1) is 19.3. The van der Waals surface area contributed by atoms with Gasteiger partial charge in [0.05, 0.1) is 6.54 Å². The summed E-state index contributed by atoms with van der Waals surface area (Å²) in [6.45, 7) is 8.07. The Bertz CT molecular complexity index is 607. The second kappa shape index (κ2) is 8.37. The molecule has 3 N–H and O–H groups in total. The Labute approximate surface area is 151 Å². The average molecular weight is 345 g/mol. The summed E-state index contributed by atoms with van der Waals surface area (Å²) < 4.78 is 0. The van der Waals surface area contributed by atoms with Gasteiger partial charge in [0.15, 0.2) is 0 Å². The highest BCUT2D eigenvalue weighted by Gasteiger charge is 2.23. The normalized spacial score (nSPS) is 20.6. The number of nitrogens with one attached hydrogen (secondary N) is 3. The highest BCUT2D eigenvalue weighted by atomic mass is 16.2. The lowest BCUT2D eigenvalue weighted by molar-refractivity contribution is -0.123. The van der Waals surface area contributed by atoms with Gasteiger partial charge in [-0.25, -0.2) is 0 Å². The molecule has 1 aliphatic rings. The quantitative estimate of drug-likeness (QED) is 0.760. The lowest BCUT2D eigenvalue weighted by atomic mass is 9.86. The average Bonchev–Trinajstić information content (AvgIpc) is 2.55. The van der Waals surface area contributed by atoms with Gasteiger partial charge in [-0.1, -0.05) is 46.6 Å². The molecule has 0 bridgehead atoms. The summed E-state index contributed by atoms with van der Waals surface area (Å²) >= 11 is 0. The van der Waals surface area contributed by atoms with E-state index in [2.05, 4.69) is 22.9 Å². The molecule has 0 heterocycles. The summed E-state index contributed by atoms with van der Waals surface area (Å²) in [5.74, 6) is 0.533. The van der Waals surface area contributed by atoms with Crippen LogP contribution in [-0.2, 0) is 9.59 Å². The van der Waals surface area contributed by atoms with Crippen LogP contribution >= 0.6 is 0 Å². The Hall–Kier alpha value is -2.04. The number of hydrogen-bond acceptors (Lipinski definition) is 3. The van der Waals surface area contributed by atoms with Crippen molar-refractivity contribution in [2.45, 2.75) is 59.4 Å². The van der Waals surface area contributed by atoms with Gasteiger partial charge in [-0.3, -0.25) is 9.59 Å². The number of carbonyl (C=O) groups excluding carboxylic acids is 2. The first-order chi connectivity index (χ1) is 11.8. The zero-order valence-electron chi connectivity index (χ0n) is 15.8. The van der Waals surface area contributed by atoms with Crippen molar-refractivity contribution < 1.29 is 9.59 Å². The zero-order chi connectivity index (χ0) is 18.4. The van der Waals surface area contributed by atoms with Gasteiger partial charge in [-0.05, 0) is 37.0 Å². The van der Waals surface area contributed by atoms with E-state index in [1.54, 1.807) is 0 Å². The molecule has 1 saturated carbocycles. The van der Waals surface area contributed by atoms with Crippen molar-refractivity contribution in [1.82, 2.24) is 5.32 Å². The van der Waals surface area contributed by atoms with Gasteiger partial charge in [0, 0.05) is 22.8 Å². The summed E-state index contributed by atoms with van der Waals surface area (Å²) in [4.78, 5) is 24.2. The summed E-state index contributed by atoms with van der Waals surface area (Å²) in [5, 5.41) is 9.17. The number of carbonyl (C=O) groups is 2. The van der Waals surface area contributed by atoms with Crippen LogP contribution in [-0.4, -0.2) is 24.4 Å². The summed E-state index contributed by atoms with van der Waals surface area (Å²) in [6, 6.07) is 7.74. The molecule has 1 aromatic carbocycles. The third kappa shape index (κ3) is 6.07. The van der Waals surface area contributed by atoms with E-state index in [4.69, 9.17) is 0 Å². The summed E-state index contributed by atoms with van der Waals surface area (Å²) in [7, 11) is 0. The van der Waals surface area contributed by atoms with Crippen molar-refractivity contribution in [2.75, 3.05) is 17.2 Å². The highest BCUT2D eigenvalue weighted by molar-refractivity contribution is 5.95. The minimum atomic E-state index is -0.444. The third-order valence-electron chi connectivity index (χ3n) is 4.71. The second-order valence-electron chi connectivity index (χ2n) is 8.07. The van der Waals surface area contributed by atoms with E-state index >= 15 is 0 Å². The van der Waals surface area contributed by atoms with Crippen LogP contribution in [0, 0.1) is 11.3 Å². The molecule has 138 valence electrons.